The van der Waals surface area contributed by atoms with Gasteiger partial charge in [-0.3, -0.25) is 19.3 Å². The van der Waals surface area contributed by atoms with Gasteiger partial charge in [-0.1, -0.05) is 0 Å². The van der Waals surface area contributed by atoms with Gasteiger partial charge in [0.2, 0.25) is 5.91 Å². The van der Waals surface area contributed by atoms with Crippen LogP contribution in [0.25, 0.3) is 0 Å². The van der Waals surface area contributed by atoms with Gasteiger partial charge in [0.15, 0.2) is 5.82 Å². The van der Waals surface area contributed by atoms with Crippen molar-refractivity contribution in [1.29, 1.82) is 0 Å². The minimum absolute atomic E-state index is 0.0136. The zero-order chi connectivity index (χ0) is 17.8. The molecular formula is C17H20FN5O2. The molecule has 1 atom stereocenters. The highest BCUT2D eigenvalue weighted by molar-refractivity contribution is 5.94. The number of pyridine rings is 1. The van der Waals surface area contributed by atoms with Crippen molar-refractivity contribution >= 4 is 11.8 Å². The standard InChI is InChI=1S/C17H20FN5O2/c1-13(23-9-2-5-20-23)16(24)21-7-3-8-22(11-10-21)17(25)14-4-6-19-12-15(14)18/h2,4-6,9,12-13H,3,7-8,10-11H2,1H3. The van der Waals surface area contributed by atoms with E-state index in [2.05, 4.69) is 10.1 Å². The molecule has 0 saturated carbocycles. The second kappa shape index (κ2) is 7.42. The normalized spacial score (nSPS) is 16.4. The number of aromatic nitrogens is 3. The van der Waals surface area contributed by atoms with Crippen molar-refractivity contribution in [3.63, 3.8) is 0 Å². The maximum absolute atomic E-state index is 13.8. The second-order valence-corrected chi connectivity index (χ2v) is 5.99. The quantitative estimate of drug-likeness (QED) is 0.842. The van der Waals surface area contributed by atoms with Crippen LogP contribution in [0.2, 0.25) is 0 Å². The van der Waals surface area contributed by atoms with Gasteiger partial charge in [-0.2, -0.15) is 5.10 Å². The van der Waals surface area contributed by atoms with Crippen molar-refractivity contribution in [2.24, 2.45) is 0 Å². The number of halogens is 1. The fourth-order valence-corrected chi connectivity index (χ4v) is 2.95. The summed E-state index contributed by atoms with van der Waals surface area (Å²) in [6.45, 7) is 3.64. The van der Waals surface area contributed by atoms with Crippen LogP contribution in [0.1, 0.15) is 29.7 Å². The lowest BCUT2D eigenvalue weighted by Gasteiger charge is -2.25. The van der Waals surface area contributed by atoms with E-state index in [9.17, 15) is 14.0 Å². The molecule has 1 aliphatic heterocycles. The Morgan fingerprint density at radius 2 is 1.92 bits per heavy atom. The highest BCUT2D eigenvalue weighted by Gasteiger charge is 2.27. The molecule has 0 radical (unpaired) electrons. The molecule has 0 bridgehead atoms. The monoisotopic (exact) mass is 345 g/mol. The van der Waals surface area contributed by atoms with E-state index in [0.29, 0.717) is 32.6 Å². The number of rotatable bonds is 3. The summed E-state index contributed by atoms with van der Waals surface area (Å²) in [6, 6.07) is 2.76. The molecule has 0 aliphatic carbocycles. The highest BCUT2D eigenvalue weighted by atomic mass is 19.1. The molecule has 1 unspecified atom stereocenters. The lowest BCUT2D eigenvalue weighted by molar-refractivity contribution is -0.134. The number of carbonyl (C=O) groups is 2. The fourth-order valence-electron chi connectivity index (χ4n) is 2.95. The molecule has 2 aromatic rings. The number of carbonyl (C=O) groups excluding carboxylic acids is 2. The molecule has 25 heavy (non-hydrogen) atoms. The Bertz CT molecular complexity index is 749. The van der Waals surface area contributed by atoms with Gasteiger partial charge in [0.25, 0.3) is 5.91 Å². The Hall–Kier alpha value is -2.77. The molecule has 132 valence electrons. The summed E-state index contributed by atoms with van der Waals surface area (Å²) in [5, 5.41) is 4.11. The van der Waals surface area contributed by atoms with Crippen LogP contribution in [0.3, 0.4) is 0 Å². The van der Waals surface area contributed by atoms with Gasteiger partial charge in [-0.05, 0) is 25.5 Å². The van der Waals surface area contributed by atoms with Crippen LogP contribution < -0.4 is 0 Å². The minimum atomic E-state index is -0.628. The Kier molecular flexibility index (Phi) is 5.06. The van der Waals surface area contributed by atoms with E-state index >= 15 is 0 Å². The summed E-state index contributed by atoms with van der Waals surface area (Å²) in [7, 11) is 0. The predicted octanol–water partition coefficient (Wildman–Crippen LogP) is 1.35. The van der Waals surface area contributed by atoms with E-state index in [1.54, 1.807) is 39.9 Å². The molecule has 2 amide bonds. The van der Waals surface area contributed by atoms with Crippen LogP contribution >= 0.6 is 0 Å². The van der Waals surface area contributed by atoms with Crippen molar-refractivity contribution in [1.82, 2.24) is 24.6 Å². The lowest BCUT2D eigenvalue weighted by Crippen LogP contribution is -2.40. The molecule has 3 rings (SSSR count). The SMILES string of the molecule is CC(C(=O)N1CCCN(C(=O)c2ccncc2F)CC1)n1cccn1. The van der Waals surface area contributed by atoms with Crippen molar-refractivity contribution in [2.75, 3.05) is 26.2 Å². The van der Waals surface area contributed by atoms with Crippen LogP contribution in [-0.4, -0.2) is 62.6 Å². The molecule has 7 nitrogen and oxygen atoms in total. The van der Waals surface area contributed by atoms with Crippen molar-refractivity contribution in [3.05, 3.63) is 48.3 Å². The molecule has 1 fully saturated rings. The first-order chi connectivity index (χ1) is 12.1. The summed E-state index contributed by atoms with van der Waals surface area (Å²) in [5.74, 6) is -1.03. The molecule has 8 heteroatoms. The molecular weight excluding hydrogens is 325 g/mol. The zero-order valence-corrected chi connectivity index (χ0v) is 14.0. The average molecular weight is 345 g/mol. The van der Waals surface area contributed by atoms with E-state index in [4.69, 9.17) is 0 Å². The summed E-state index contributed by atoms with van der Waals surface area (Å²) >= 11 is 0. The van der Waals surface area contributed by atoms with E-state index in [1.165, 1.54) is 12.3 Å². The fraction of sp³-hybridized carbons (Fsp3) is 0.412. The van der Waals surface area contributed by atoms with Crippen LogP contribution in [0.15, 0.2) is 36.9 Å². The first-order valence-corrected chi connectivity index (χ1v) is 8.24. The van der Waals surface area contributed by atoms with Crippen molar-refractivity contribution in [3.8, 4) is 0 Å². The summed E-state index contributed by atoms with van der Waals surface area (Å²) in [4.78, 5) is 32.1. The van der Waals surface area contributed by atoms with Gasteiger partial charge in [0, 0.05) is 44.8 Å². The van der Waals surface area contributed by atoms with Gasteiger partial charge >= 0.3 is 0 Å². The smallest absolute Gasteiger partial charge is 0.257 e. The molecule has 1 aliphatic rings. The molecule has 1 saturated heterocycles. The van der Waals surface area contributed by atoms with Gasteiger partial charge in [0.05, 0.1) is 11.8 Å². The lowest BCUT2D eigenvalue weighted by atomic mass is 10.2. The second-order valence-electron chi connectivity index (χ2n) is 5.99. The van der Waals surface area contributed by atoms with Crippen LogP contribution in [-0.2, 0) is 4.79 Å². The molecule has 3 heterocycles. The Morgan fingerprint density at radius 1 is 1.16 bits per heavy atom. The predicted molar refractivity (Wildman–Crippen MR) is 88.2 cm³/mol. The van der Waals surface area contributed by atoms with Crippen LogP contribution in [0, 0.1) is 5.82 Å². The maximum atomic E-state index is 13.8. The first-order valence-electron chi connectivity index (χ1n) is 8.24. The first kappa shape index (κ1) is 17.1. The average Bonchev–Trinajstić information content (AvgIpc) is 3.05. The molecule has 0 N–H and O–H groups in total. The number of hydrogen-bond donors (Lipinski definition) is 0. The van der Waals surface area contributed by atoms with Gasteiger partial charge in [0.1, 0.15) is 6.04 Å². The van der Waals surface area contributed by atoms with E-state index in [0.717, 1.165) is 6.20 Å². The van der Waals surface area contributed by atoms with Crippen molar-refractivity contribution in [2.45, 2.75) is 19.4 Å². The Labute approximate surface area is 145 Å². The van der Waals surface area contributed by atoms with E-state index < -0.39 is 11.9 Å². The van der Waals surface area contributed by atoms with Gasteiger partial charge < -0.3 is 9.80 Å². The molecule has 0 aromatic carbocycles. The molecule has 0 spiro atoms. The Balaban J connectivity index is 1.65. The van der Waals surface area contributed by atoms with Crippen molar-refractivity contribution < 1.29 is 14.0 Å². The van der Waals surface area contributed by atoms with E-state index in [1.807, 2.05) is 0 Å². The summed E-state index contributed by atoms with van der Waals surface area (Å²) in [5.41, 5.74) is 0.0136. The third-order valence-electron chi connectivity index (χ3n) is 4.38. The third-order valence-corrected chi connectivity index (χ3v) is 4.38. The molecule has 2 aromatic heterocycles. The number of nitrogens with zero attached hydrogens (tertiary/aromatic N) is 5. The summed E-state index contributed by atoms with van der Waals surface area (Å²) < 4.78 is 15.4. The van der Waals surface area contributed by atoms with Crippen LogP contribution in [0.4, 0.5) is 4.39 Å². The highest BCUT2D eigenvalue weighted by Crippen LogP contribution is 2.14. The summed E-state index contributed by atoms with van der Waals surface area (Å²) in [6.07, 6.45) is 6.47. The number of amides is 2. The third kappa shape index (κ3) is 3.67. The van der Waals surface area contributed by atoms with E-state index in [-0.39, 0.29) is 17.4 Å². The van der Waals surface area contributed by atoms with Gasteiger partial charge in [-0.25, -0.2) is 4.39 Å². The number of hydrogen-bond acceptors (Lipinski definition) is 4. The minimum Gasteiger partial charge on any atom is -0.339 e. The van der Waals surface area contributed by atoms with Gasteiger partial charge in [-0.15, -0.1) is 0 Å². The van der Waals surface area contributed by atoms with Crippen LogP contribution in [0.5, 0.6) is 0 Å². The topological polar surface area (TPSA) is 71.3 Å². The Morgan fingerprint density at radius 3 is 2.64 bits per heavy atom. The maximum Gasteiger partial charge on any atom is 0.257 e. The zero-order valence-electron chi connectivity index (χ0n) is 14.0. The largest absolute Gasteiger partial charge is 0.339 e.